The van der Waals surface area contributed by atoms with Crippen molar-refractivity contribution in [3.63, 3.8) is 0 Å². The number of rotatable bonds is 0. The van der Waals surface area contributed by atoms with Crippen molar-refractivity contribution in [2.75, 3.05) is 7.05 Å². The van der Waals surface area contributed by atoms with Gasteiger partial charge in [-0.2, -0.15) is 4.98 Å². The average Bonchev–Trinajstić information content (AvgIpc) is 2.20. The molecule has 1 aliphatic rings. The lowest BCUT2D eigenvalue weighted by Crippen LogP contribution is -2.45. The molecule has 0 saturated heterocycles. The Morgan fingerprint density at radius 1 is 1.53 bits per heavy atom. The van der Waals surface area contributed by atoms with E-state index in [1.54, 1.807) is 7.05 Å². The van der Waals surface area contributed by atoms with Crippen molar-refractivity contribution in [2.24, 2.45) is 0 Å². The van der Waals surface area contributed by atoms with Crippen LogP contribution in [0.25, 0.3) is 0 Å². The van der Waals surface area contributed by atoms with Gasteiger partial charge in [-0.05, 0) is 6.92 Å². The first-order chi connectivity index (χ1) is 7.02. The SMILES string of the molecule is CC1Cn2cnc(=O)c(O)c2C(=O)N1C. The molecule has 0 aliphatic carbocycles. The second-order valence-corrected chi connectivity index (χ2v) is 3.66. The maximum atomic E-state index is 11.8. The predicted octanol–water partition coefficient (Wildman–Crippen LogP) is -0.577. The molecule has 1 amide bonds. The van der Waals surface area contributed by atoms with Gasteiger partial charge in [-0.3, -0.25) is 9.59 Å². The molecule has 6 heteroatoms. The van der Waals surface area contributed by atoms with Gasteiger partial charge in [0, 0.05) is 19.6 Å². The molecule has 6 nitrogen and oxygen atoms in total. The van der Waals surface area contributed by atoms with E-state index < -0.39 is 11.3 Å². The van der Waals surface area contributed by atoms with Crippen LogP contribution in [0.15, 0.2) is 11.1 Å². The number of carbonyl (C=O) groups excluding carboxylic acids is 1. The zero-order valence-electron chi connectivity index (χ0n) is 8.47. The summed E-state index contributed by atoms with van der Waals surface area (Å²) in [5, 5.41) is 9.47. The Hall–Kier alpha value is -1.85. The standard InChI is InChI=1S/C9H11N3O3/c1-5-3-12-4-10-8(14)7(13)6(12)9(15)11(5)2/h4-5,13H,3H2,1-2H3. The summed E-state index contributed by atoms with van der Waals surface area (Å²) in [5.41, 5.74) is -0.742. The molecule has 0 bridgehead atoms. The van der Waals surface area contributed by atoms with Crippen molar-refractivity contribution in [3.8, 4) is 5.75 Å². The Balaban J connectivity index is 2.67. The molecule has 2 heterocycles. The fourth-order valence-corrected chi connectivity index (χ4v) is 1.62. The summed E-state index contributed by atoms with van der Waals surface area (Å²) in [7, 11) is 1.64. The van der Waals surface area contributed by atoms with E-state index in [0.29, 0.717) is 6.54 Å². The average molecular weight is 209 g/mol. The second kappa shape index (κ2) is 3.08. The maximum absolute atomic E-state index is 11.8. The largest absolute Gasteiger partial charge is 0.501 e. The number of hydrogen-bond acceptors (Lipinski definition) is 4. The number of hydrogen-bond donors (Lipinski definition) is 1. The number of amides is 1. The summed E-state index contributed by atoms with van der Waals surface area (Å²) >= 11 is 0. The summed E-state index contributed by atoms with van der Waals surface area (Å²) < 4.78 is 1.50. The van der Waals surface area contributed by atoms with Gasteiger partial charge in [0.15, 0.2) is 5.69 Å². The lowest BCUT2D eigenvalue weighted by Gasteiger charge is -2.32. The van der Waals surface area contributed by atoms with Gasteiger partial charge in [-0.1, -0.05) is 0 Å². The third-order valence-electron chi connectivity index (χ3n) is 2.67. The first kappa shape index (κ1) is 9.70. The molecule has 1 N–H and O–H groups in total. The lowest BCUT2D eigenvalue weighted by atomic mass is 10.2. The van der Waals surface area contributed by atoms with E-state index >= 15 is 0 Å². The van der Waals surface area contributed by atoms with E-state index in [2.05, 4.69) is 4.98 Å². The monoisotopic (exact) mass is 209 g/mol. The van der Waals surface area contributed by atoms with Gasteiger partial charge >= 0.3 is 5.56 Å². The van der Waals surface area contributed by atoms with Crippen molar-refractivity contribution in [2.45, 2.75) is 19.5 Å². The second-order valence-electron chi connectivity index (χ2n) is 3.66. The van der Waals surface area contributed by atoms with E-state index in [9.17, 15) is 14.7 Å². The van der Waals surface area contributed by atoms with Crippen molar-refractivity contribution >= 4 is 5.91 Å². The summed E-state index contributed by atoms with van der Waals surface area (Å²) in [5.74, 6) is -0.924. The van der Waals surface area contributed by atoms with E-state index in [4.69, 9.17) is 0 Å². The molecule has 0 fully saturated rings. The Labute approximate surface area is 85.8 Å². The number of nitrogens with zero attached hydrogens (tertiary/aromatic N) is 3. The van der Waals surface area contributed by atoms with Crippen LogP contribution in [0, 0.1) is 0 Å². The van der Waals surface area contributed by atoms with Crippen LogP contribution in [-0.2, 0) is 6.54 Å². The molecule has 15 heavy (non-hydrogen) atoms. The minimum atomic E-state index is -0.766. The highest BCUT2D eigenvalue weighted by Gasteiger charge is 2.30. The third-order valence-corrected chi connectivity index (χ3v) is 2.67. The van der Waals surface area contributed by atoms with Gasteiger partial charge < -0.3 is 14.6 Å². The van der Waals surface area contributed by atoms with Crippen LogP contribution in [0.5, 0.6) is 5.75 Å². The highest BCUT2D eigenvalue weighted by molar-refractivity contribution is 5.95. The van der Waals surface area contributed by atoms with Crippen LogP contribution in [0.1, 0.15) is 17.4 Å². The number of fused-ring (bicyclic) bond motifs is 1. The summed E-state index contributed by atoms with van der Waals surface area (Å²) in [6.45, 7) is 2.41. The molecule has 2 rings (SSSR count). The Morgan fingerprint density at radius 2 is 2.20 bits per heavy atom. The first-order valence-electron chi connectivity index (χ1n) is 4.58. The minimum absolute atomic E-state index is 0.0219. The molecule has 0 saturated carbocycles. The van der Waals surface area contributed by atoms with Gasteiger partial charge in [0.2, 0.25) is 5.75 Å². The fourth-order valence-electron chi connectivity index (χ4n) is 1.62. The van der Waals surface area contributed by atoms with Crippen LogP contribution in [0.2, 0.25) is 0 Å². The molecule has 80 valence electrons. The van der Waals surface area contributed by atoms with Gasteiger partial charge in [0.05, 0.1) is 6.33 Å². The quantitative estimate of drug-likeness (QED) is 0.620. The molecule has 1 aliphatic heterocycles. The zero-order chi connectivity index (χ0) is 11.2. The number of aromatic nitrogens is 2. The van der Waals surface area contributed by atoms with E-state index in [1.165, 1.54) is 15.8 Å². The van der Waals surface area contributed by atoms with Crippen molar-refractivity contribution in [1.29, 1.82) is 0 Å². The maximum Gasteiger partial charge on any atom is 0.315 e. The summed E-state index contributed by atoms with van der Waals surface area (Å²) in [6.07, 6.45) is 1.29. The minimum Gasteiger partial charge on any atom is -0.501 e. The summed E-state index contributed by atoms with van der Waals surface area (Å²) in [6, 6.07) is 0.0219. The molecule has 0 spiro atoms. The predicted molar refractivity (Wildman–Crippen MR) is 51.7 cm³/mol. The molecule has 1 atom stereocenters. The number of aromatic hydroxyl groups is 1. The Morgan fingerprint density at radius 3 is 2.87 bits per heavy atom. The van der Waals surface area contributed by atoms with E-state index in [1.807, 2.05) is 6.92 Å². The Bertz CT molecular complexity index is 480. The number of carbonyl (C=O) groups is 1. The normalized spacial score (nSPS) is 20.3. The van der Waals surface area contributed by atoms with Crippen LogP contribution >= 0.6 is 0 Å². The molecule has 1 unspecified atom stereocenters. The zero-order valence-corrected chi connectivity index (χ0v) is 8.47. The van der Waals surface area contributed by atoms with Gasteiger partial charge in [0.1, 0.15) is 0 Å². The van der Waals surface area contributed by atoms with Crippen LogP contribution in [0.4, 0.5) is 0 Å². The smallest absolute Gasteiger partial charge is 0.315 e. The molecule has 0 aromatic carbocycles. The molecular weight excluding hydrogens is 198 g/mol. The highest BCUT2D eigenvalue weighted by atomic mass is 16.3. The Kier molecular flexibility index (Phi) is 1.99. The lowest BCUT2D eigenvalue weighted by molar-refractivity contribution is 0.0665. The first-order valence-corrected chi connectivity index (χ1v) is 4.58. The molecule has 1 aromatic rings. The fraction of sp³-hybridized carbons (Fsp3) is 0.444. The number of likely N-dealkylation sites (N-methyl/N-ethyl adjacent to an activating group) is 1. The van der Waals surface area contributed by atoms with E-state index in [-0.39, 0.29) is 17.6 Å². The van der Waals surface area contributed by atoms with Crippen molar-refractivity contribution < 1.29 is 9.90 Å². The van der Waals surface area contributed by atoms with Gasteiger partial charge in [0.25, 0.3) is 5.91 Å². The molecule has 0 radical (unpaired) electrons. The molecular formula is C9H11N3O3. The molecule has 1 aromatic heterocycles. The van der Waals surface area contributed by atoms with Gasteiger partial charge in [-0.15, -0.1) is 0 Å². The van der Waals surface area contributed by atoms with Crippen LogP contribution in [-0.4, -0.2) is 38.6 Å². The summed E-state index contributed by atoms with van der Waals surface area (Å²) in [4.78, 5) is 27.8. The highest BCUT2D eigenvalue weighted by Crippen LogP contribution is 2.19. The van der Waals surface area contributed by atoms with Crippen LogP contribution < -0.4 is 5.56 Å². The van der Waals surface area contributed by atoms with Gasteiger partial charge in [-0.25, -0.2) is 0 Å². The third kappa shape index (κ3) is 1.29. The van der Waals surface area contributed by atoms with Crippen LogP contribution in [0.3, 0.4) is 0 Å². The topological polar surface area (TPSA) is 75.4 Å². The van der Waals surface area contributed by atoms with Crippen molar-refractivity contribution in [3.05, 3.63) is 22.4 Å². The van der Waals surface area contributed by atoms with E-state index in [0.717, 1.165) is 0 Å². The van der Waals surface area contributed by atoms with Crippen molar-refractivity contribution in [1.82, 2.24) is 14.5 Å².